The van der Waals surface area contributed by atoms with Crippen molar-refractivity contribution in [2.45, 2.75) is 12.0 Å². The van der Waals surface area contributed by atoms with Crippen molar-refractivity contribution in [3.05, 3.63) is 35.2 Å². The number of rotatable bonds is 2. The largest absolute Gasteiger partial charge is 0.387 e. The molecule has 2 N–H and O–H groups in total. The van der Waals surface area contributed by atoms with Crippen molar-refractivity contribution in [2.75, 3.05) is 13.1 Å². The summed E-state index contributed by atoms with van der Waals surface area (Å²) in [4.78, 5) is 1.28. The topological polar surface area (TPSA) is 32.3 Å². The Morgan fingerprint density at radius 3 is 2.80 bits per heavy atom. The normalized spacial score (nSPS) is 19.0. The summed E-state index contributed by atoms with van der Waals surface area (Å²) in [5.41, 5.74) is -0.499. The van der Waals surface area contributed by atoms with Crippen molar-refractivity contribution >= 4 is 21.4 Å². The zero-order valence-electron chi connectivity index (χ0n) is 8.36. The number of nitrogens with one attached hydrogen (secondary N) is 1. The van der Waals surface area contributed by atoms with Crippen LogP contribution < -0.4 is 5.32 Å². The minimum atomic E-state index is -0.499. The van der Waals surface area contributed by atoms with Crippen LogP contribution in [0.25, 0.3) is 10.1 Å². The first-order valence-corrected chi connectivity index (χ1v) is 5.97. The molecular weight excluding hydrogens is 206 g/mol. The molecule has 15 heavy (non-hydrogen) atoms. The van der Waals surface area contributed by atoms with E-state index in [4.69, 9.17) is 0 Å². The Bertz CT molecular complexity index is 454. The Labute approximate surface area is 92.6 Å². The third-order valence-corrected chi connectivity index (χ3v) is 4.00. The van der Waals surface area contributed by atoms with Gasteiger partial charge in [0.25, 0.3) is 0 Å². The first-order chi connectivity index (χ1) is 7.25. The van der Waals surface area contributed by atoms with Gasteiger partial charge in [-0.3, -0.25) is 0 Å². The number of hydrogen-bond donors (Lipinski definition) is 2. The monoisotopic (exact) mass is 219 g/mol. The third kappa shape index (κ3) is 1.67. The Morgan fingerprint density at radius 2 is 2.13 bits per heavy atom. The Morgan fingerprint density at radius 1 is 1.33 bits per heavy atom. The Balaban J connectivity index is 1.91. The quantitative estimate of drug-likeness (QED) is 0.807. The summed E-state index contributed by atoms with van der Waals surface area (Å²) in [7, 11) is 0. The van der Waals surface area contributed by atoms with Crippen LogP contribution in [0.2, 0.25) is 0 Å². The summed E-state index contributed by atoms with van der Waals surface area (Å²) < 4.78 is 1.31. The van der Waals surface area contributed by atoms with Gasteiger partial charge < -0.3 is 10.4 Å². The van der Waals surface area contributed by atoms with Crippen molar-refractivity contribution in [3.8, 4) is 0 Å². The summed E-state index contributed by atoms with van der Waals surface area (Å²) in [6.07, 6.45) is 0.777. The molecule has 0 atom stereocenters. The van der Waals surface area contributed by atoms with Gasteiger partial charge in [0.15, 0.2) is 0 Å². The highest BCUT2D eigenvalue weighted by Gasteiger charge is 2.34. The molecule has 78 valence electrons. The molecule has 3 rings (SSSR count). The molecular formula is C12H13NOS. The first kappa shape index (κ1) is 9.33. The average molecular weight is 219 g/mol. The van der Waals surface area contributed by atoms with Crippen LogP contribution in [0.5, 0.6) is 0 Å². The molecule has 1 aromatic carbocycles. The summed E-state index contributed by atoms with van der Waals surface area (Å²) in [5, 5.41) is 14.4. The molecule has 1 saturated heterocycles. The maximum atomic E-state index is 10.0. The van der Waals surface area contributed by atoms with Crippen molar-refractivity contribution in [3.63, 3.8) is 0 Å². The van der Waals surface area contributed by atoms with Crippen LogP contribution in [-0.2, 0) is 6.42 Å². The second kappa shape index (κ2) is 3.30. The van der Waals surface area contributed by atoms with Crippen molar-refractivity contribution < 1.29 is 5.11 Å². The van der Waals surface area contributed by atoms with Crippen LogP contribution in [0.15, 0.2) is 30.3 Å². The molecule has 0 spiro atoms. The zero-order chi connectivity index (χ0) is 10.3. The van der Waals surface area contributed by atoms with E-state index < -0.39 is 5.60 Å². The SMILES string of the molecule is OC1(Cc2cc3ccccc3s2)CNC1. The van der Waals surface area contributed by atoms with Crippen LogP contribution in [0.4, 0.5) is 0 Å². The van der Waals surface area contributed by atoms with Gasteiger partial charge in [0, 0.05) is 29.1 Å². The fourth-order valence-electron chi connectivity index (χ4n) is 1.99. The predicted molar refractivity (Wildman–Crippen MR) is 63.3 cm³/mol. The highest BCUT2D eigenvalue weighted by molar-refractivity contribution is 7.19. The molecule has 1 fully saturated rings. The van der Waals surface area contributed by atoms with E-state index in [1.54, 1.807) is 11.3 Å². The van der Waals surface area contributed by atoms with Crippen LogP contribution in [0.3, 0.4) is 0 Å². The molecule has 0 radical (unpaired) electrons. The smallest absolute Gasteiger partial charge is 0.0943 e. The van der Waals surface area contributed by atoms with E-state index in [1.165, 1.54) is 15.0 Å². The van der Waals surface area contributed by atoms with Crippen LogP contribution in [0, 0.1) is 0 Å². The van der Waals surface area contributed by atoms with E-state index in [0.29, 0.717) is 0 Å². The number of β-amino-alcohol motifs (C(OH)–C–C–N with tert-alkyl or cyclic N) is 1. The second-order valence-electron chi connectivity index (χ2n) is 4.26. The molecule has 2 heterocycles. The Kier molecular flexibility index (Phi) is 2.06. The third-order valence-electron chi connectivity index (χ3n) is 2.89. The number of benzene rings is 1. The minimum absolute atomic E-state index is 0.499. The molecule has 2 aromatic rings. The van der Waals surface area contributed by atoms with Gasteiger partial charge in [0.05, 0.1) is 5.60 Å². The van der Waals surface area contributed by atoms with Crippen LogP contribution in [0.1, 0.15) is 4.88 Å². The molecule has 0 saturated carbocycles. The number of thiophene rings is 1. The van der Waals surface area contributed by atoms with Gasteiger partial charge >= 0.3 is 0 Å². The molecule has 3 heteroatoms. The highest BCUT2D eigenvalue weighted by Crippen LogP contribution is 2.29. The molecule has 1 aliphatic heterocycles. The standard InChI is InChI=1S/C12H13NOS/c14-12(7-13-8-12)6-10-5-9-3-1-2-4-11(9)15-10/h1-5,13-14H,6-8H2. The van der Waals surface area contributed by atoms with Crippen molar-refractivity contribution in [1.82, 2.24) is 5.32 Å². The number of aliphatic hydroxyl groups is 1. The lowest BCUT2D eigenvalue weighted by Gasteiger charge is -2.37. The van der Waals surface area contributed by atoms with Gasteiger partial charge in [0.1, 0.15) is 0 Å². The lowest BCUT2D eigenvalue weighted by atomic mass is 9.92. The van der Waals surface area contributed by atoms with Crippen molar-refractivity contribution in [2.24, 2.45) is 0 Å². The van der Waals surface area contributed by atoms with Crippen LogP contribution >= 0.6 is 11.3 Å². The molecule has 0 bridgehead atoms. The molecule has 0 amide bonds. The van der Waals surface area contributed by atoms with E-state index in [9.17, 15) is 5.11 Å². The second-order valence-corrected chi connectivity index (χ2v) is 5.42. The molecule has 1 aliphatic rings. The van der Waals surface area contributed by atoms with E-state index in [-0.39, 0.29) is 0 Å². The van der Waals surface area contributed by atoms with Gasteiger partial charge in [-0.1, -0.05) is 18.2 Å². The molecule has 1 aromatic heterocycles. The number of hydrogen-bond acceptors (Lipinski definition) is 3. The van der Waals surface area contributed by atoms with Crippen molar-refractivity contribution in [1.29, 1.82) is 0 Å². The summed E-state index contributed by atoms with van der Waals surface area (Å²) in [6, 6.07) is 10.6. The average Bonchev–Trinajstić information content (AvgIpc) is 2.57. The van der Waals surface area contributed by atoms with Crippen LogP contribution in [-0.4, -0.2) is 23.8 Å². The number of fused-ring (bicyclic) bond motifs is 1. The fraction of sp³-hybridized carbons (Fsp3) is 0.333. The van der Waals surface area contributed by atoms with Gasteiger partial charge in [-0.2, -0.15) is 0 Å². The lowest BCUT2D eigenvalue weighted by molar-refractivity contribution is -0.00832. The molecule has 2 nitrogen and oxygen atoms in total. The van der Waals surface area contributed by atoms with E-state index in [0.717, 1.165) is 19.5 Å². The maximum absolute atomic E-state index is 10.0. The van der Waals surface area contributed by atoms with Gasteiger partial charge in [0.2, 0.25) is 0 Å². The minimum Gasteiger partial charge on any atom is -0.387 e. The maximum Gasteiger partial charge on any atom is 0.0943 e. The fourth-order valence-corrected chi connectivity index (χ4v) is 3.19. The van der Waals surface area contributed by atoms with Gasteiger partial charge in [-0.05, 0) is 17.5 Å². The summed E-state index contributed by atoms with van der Waals surface area (Å²) >= 11 is 1.79. The first-order valence-electron chi connectivity index (χ1n) is 5.16. The molecule has 0 aliphatic carbocycles. The highest BCUT2D eigenvalue weighted by atomic mass is 32.1. The van der Waals surface area contributed by atoms with E-state index in [1.807, 2.05) is 0 Å². The summed E-state index contributed by atoms with van der Waals surface area (Å²) in [5.74, 6) is 0. The molecule has 0 unspecified atom stereocenters. The zero-order valence-corrected chi connectivity index (χ0v) is 9.18. The van der Waals surface area contributed by atoms with E-state index in [2.05, 4.69) is 35.6 Å². The van der Waals surface area contributed by atoms with Gasteiger partial charge in [-0.15, -0.1) is 11.3 Å². The van der Waals surface area contributed by atoms with E-state index >= 15 is 0 Å². The lowest BCUT2D eigenvalue weighted by Crippen LogP contribution is -2.60. The Hall–Kier alpha value is -0.900. The summed E-state index contributed by atoms with van der Waals surface area (Å²) in [6.45, 7) is 1.45. The predicted octanol–water partition coefficient (Wildman–Crippen LogP) is 1.78. The van der Waals surface area contributed by atoms with Gasteiger partial charge in [-0.25, -0.2) is 0 Å².